The number of urea groups is 1. The van der Waals surface area contributed by atoms with E-state index in [1.54, 1.807) is 4.90 Å². The summed E-state index contributed by atoms with van der Waals surface area (Å²) in [5.41, 5.74) is 2.22. The molecule has 120 valence electrons. The van der Waals surface area contributed by atoms with Gasteiger partial charge < -0.3 is 10.2 Å². The molecule has 2 aliphatic rings. The summed E-state index contributed by atoms with van der Waals surface area (Å²) in [4.78, 5) is 16.5. The van der Waals surface area contributed by atoms with Crippen molar-refractivity contribution < 1.29 is 4.79 Å². The predicted molar refractivity (Wildman–Crippen MR) is 91.7 cm³/mol. The molecule has 0 bridgehead atoms. The average Bonchev–Trinajstić information content (AvgIpc) is 3.10. The molecule has 2 amide bonds. The fraction of sp³-hybridized carbons (Fsp3) is 0.611. The Bertz CT molecular complexity index is 488. The maximum Gasteiger partial charge on any atom is 0.321 e. The average molecular weight is 301 g/mol. The number of hydrogen-bond donors (Lipinski definition) is 1. The van der Waals surface area contributed by atoms with Crippen LogP contribution >= 0.6 is 0 Å². The molecule has 0 atom stereocenters. The standard InChI is InChI=1S/C18H27N3O/c1-20(18(22)19-15-7-3-2-4-8-15)16-9-11-17(12-10-16)21-13-5-6-14-21/h9-12,15H,2-8,13-14H2,1H3,(H,19,22). The Morgan fingerprint density at radius 1 is 1.05 bits per heavy atom. The molecule has 1 aromatic rings. The number of nitrogens with zero attached hydrogens (tertiary/aromatic N) is 2. The van der Waals surface area contributed by atoms with Crippen molar-refractivity contribution >= 4 is 17.4 Å². The molecule has 1 aromatic carbocycles. The highest BCUT2D eigenvalue weighted by atomic mass is 16.2. The first kappa shape index (κ1) is 15.2. The topological polar surface area (TPSA) is 35.6 Å². The van der Waals surface area contributed by atoms with Crippen LogP contribution in [0, 0.1) is 0 Å². The van der Waals surface area contributed by atoms with Gasteiger partial charge in [-0.2, -0.15) is 0 Å². The highest BCUT2D eigenvalue weighted by Crippen LogP contribution is 2.24. The van der Waals surface area contributed by atoms with Crippen molar-refractivity contribution in [3.8, 4) is 0 Å². The molecular formula is C18H27N3O. The molecule has 0 unspecified atom stereocenters. The van der Waals surface area contributed by atoms with Crippen molar-refractivity contribution in [2.45, 2.75) is 51.0 Å². The van der Waals surface area contributed by atoms with E-state index >= 15 is 0 Å². The summed E-state index contributed by atoms with van der Waals surface area (Å²) in [5, 5.41) is 3.16. The van der Waals surface area contributed by atoms with Crippen molar-refractivity contribution in [2.24, 2.45) is 0 Å². The van der Waals surface area contributed by atoms with E-state index in [0.717, 1.165) is 31.6 Å². The Hall–Kier alpha value is -1.71. The van der Waals surface area contributed by atoms with Crippen LogP contribution in [0.4, 0.5) is 16.2 Å². The van der Waals surface area contributed by atoms with Crippen molar-refractivity contribution in [1.29, 1.82) is 0 Å². The second-order valence-corrected chi connectivity index (χ2v) is 6.55. The smallest absolute Gasteiger partial charge is 0.321 e. The molecule has 0 spiro atoms. The molecule has 3 rings (SSSR count). The zero-order chi connectivity index (χ0) is 15.4. The van der Waals surface area contributed by atoms with E-state index in [1.165, 1.54) is 37.8 Å². The van der Waals surface area contributed by atoms with Crippen LogP contribution in [0.2, 0.25) is 0 Å². The largest absolute Gasteiger partial charge is 0.372 e. The van der Waals surface area contributed by atoms with Gasteiger partial charge in [-0.3, -0.25) is 4.90 Å². The molecule has 1 heterocycles. The second kappa shape index (κ2) is 7.03. The van der Waals surface area contributed by atoms with Crippen molar-refractivity contribution in [1.82, 2.24) is 5.32 Å². The number of nitrogens with one attached hydrogen (secondary N) is 1. The normalized spacial score (nSPS) is 19.2. The van der Waals surface area contributed by atoms with Gasteiger partial charge in [0.25, 0.3) is 0 Å². The van der Waals surface area contributed by atoms with Gasteiger partial charge in [-0.25, -0.2) is 4.79 Å². The molecule has 4 nitrogen and oxygen atoms in total. The predicted octanol–water partition coefficient (Wildman–Crippen LogP) is 3.77. The van der Waals surface area contributed by atoms with Crippen LogP contribution in [-0.4, -0.2) is 32.2 Å². The molecule has 4 heteroatoms. The maximum atomic E-state index is 12.4. The molecular weight excluding hydrogens is 274 g/mol. The number of anilines is 2. The van der Waals surface area contributed by atoms with Gasteiger partial charge in [0.1, 0.15) is 0 Å². The third-order valence-corrected chi connectivity index (χ3v) is 4.95. The van der Waals surface area contributed by atoms with Gasteiger partial charge in [0.2, 0.25) is 0 Å². The molecule has 2 fully saturated rings. The van der Waals surface area contributed by atoms with E-state index in [-0.39, 0.29) is 6.03 Å². The first-order chi connectivity index (χ1) is 10.7. The number of rotatable bonds is 3. The summed E-state index contributed by atoms with van der Waals surface area (Å²) in [6, 6.07) is 8.73. The van der Waals surface area contributed by atoms with E-state index in [1.807, 2.05) is 19.2 Å². The Morgan fingerprint density at radius 3 is 2.32 bits per heavy atom. The molecule has 1 aliphatic heterocycles. The van der Waals surface area contributed by atoms with Gasteiger partial charge in [0.05, 0.1) is 0 Å². The van der Waals surface area contributed by atoms with Crippen LogP contribution in [0.1, 0.15) is 44.9 Å². The first-order valence-corrected chi connectivity index (χ1v) is 8.63. The monoisotopic (exact) mass is 301 g/mol. The van der Waals surface area contributed by atoms with Gasteiger partial charge in [-0.05, 0) is 49.9 Å². The lowest BCUT2D eigenvalue weighted by Crippen LogP contribution is -2.43. The van der Waals surface area contributed by atoms with Crippen molar-refractivity contribution in [3.63, 3.8) is 0 Å². The summed E-state index contributed by atoms with van der Waals surface area (Å²) in [6.07, 6.45) is 8.58. The highest BCUT2D eigenvalue weighted by Gasteiger charge is 2.19. The van der Waals surface area contributed by atoms with Gasteiger partial charge in [0, 0.05) is 37.6 Å². The molecule has 22 heavy (non-hydrogen) atoms. The number of hydrogen-bond acceptors (Lipinski definition) is 2. The molecule has 1 saturated heterocycles. The van der Waals surface area contributed by atoms with Crippen LogP contribution in [0.3, 0.4) is 0 Å². The Labute approximate surface area is 133 Å². The summed E-state index contributed by atoms with van der Waals surface area (Å²) >= 11 is 0. The Morgan fingerprint density at radius 2 is 1.68 bits per heavy atom. The van der Waals surface area contributed by atoms with E-state index in [4.69, 9.17) is 0 Å². The first-order valence-electron chi connectivity index (χ1n) is 8.63. The number of carbonyl (C=O) groups is 1. The van der Waals surface area contributed by atoms with Crippen molar-refractivity contribution in [3.05, 3.63) is 24.3 Å². The zero-order valence-corrected chi connectivity index (χ0v) is 13.6. The van der Waals surface area contributed by atoms with E-state index in [9.17, 15) is 4.79 Å². The van der Waals surface area contributed by atoms with Crippen LogP contribution in [0.25, 0.3) is 0 Å². The van der Waals surface area contributed by atoms with E-state index < -0.39 is 0 Å². The summed E-state index contributed by atoms with van der Waals surface area (Å²) in [5.74, 6) is 0. The molecule has 1 saturated carbocycles. The number of benzene rings is 1. The maximum absolute atomic E-state index is 12.4. The fourth-order valence-electron chi connectivity index (χ4n) is 3.50. The molecule has 1 N–H and O–H groups in total. The minimum atomic E-state index is 0.0147. The SMILES string of the molecule is CN(C(=O)NC1CCCCC1)c1ccc(N2CCCC2)cc1. The van der Waals surface area contributed by atoms with Crippen LogP contribution in [0.15, 0.2) is 24.3 Å². The quantitative estimate of drug-likeness (QED) is 0.922. The van der Waals surface area contributed by atoms with Gasteiger partial charge in [-0.1, -0.05) is 19.3 Å². The summed E-state index contributed by atoms with van der Waals surface area (Å²) in [6.45, 7) is 2.30. The van der Waals surface area contributed by atoms with Crippen molar-refractivity contribution in [2.75, 3.05) is 29.9 Å². The van der Waals surface area contributed by atoms with E-state index in [2.05, 4.69) is 22.3 Å². The lowest BCUT2D eigenvalue weighted by atomic mass is 9.96. The molecule has 0 aromatic heterocycles. The molecule has 0 radical (unpaired) electrons. The van der Waals surface area contributed by atoms with Crippen LogP contribution < -0.4 is 15.1 Å². The third kappa shape index (κ3) is 3.54. The van der Waals surface area contributed by atoms with Gasteiger partial charge >= 0.3 is 6.03 Å². The van der Waals surface area contributed by atoms with Crippen LogP contribution in [-0.2, 0) is 0 Å². The van der Waals surface area contributed by atoms with Gasteiger partial charge in [-0.15, -0.1) is 0 Å². The Balaban J connectivity index is 1.58. The fourth-order valence-corrected chi connectivity index (χ4v) is 3.50. The number of amides is 2. The minimum absolute atomic E-state index is 0.0147. The molecule has 1 aliphatic carbocycles. The van der Waals surface area contributed by atoms with Gasteiger partial charge in [0.15, 0.2) is 0 Å². The lowest BCUT2D eigenvalue weighted by Gasteiger charge is -2.26. The minimum Gasteiger partial charge on any atom is -0.372 e. The zero-order valence-electron chi connectivity index (χ0n) is 13.6. The third-order valence-electron chi connectivity index (χ3n) is 4.95. The number of carbonyl (C=O) groups excluding carboxylic acids is 1. The highest BCUT2D eigenvalue weighted by molar-refractivity contribution is 5.91. The lowest BCUT2D eigenvalue weighted by molar-refractivity contribution is 0.239. The summed E-state index contributed by atoms with van der Waals surface area (Å²) in [7, 11) is 1.85. The van der Waals surface area contributed by atoms with E-state index in [0.29, 0.717) is 6.04 Å². The van der Waals surface area contributed by atoms with Crippen LogP contribution in [0.5, 0.6) is 0 Å². The summed E-state index contributed by atoms with van der Waals surface area (Å²) < 4.78 is 0. The second-order valence-electron chi connectivity index (χ2n) is 6.55. The Kier molecular flexibility index (Phi) is 4.86.